The molecule has 79 heavy (non-hydrogen) atoms. The summed E-state index contributed by atoms with van der Waals surface area (Å²) in [6.45, 7) is 1.75. The summed E-state index contributed by atoms with van der Waals surface area (Å²) in [5, 5.41) is 2.35. The minimum atomic E-state index is -5.38. The Labute approximate surface area is 465 Å². The molecule has 432 valence electrons. The third-order valence-corrected chi connectivity index (χ3v) is 11.5. The van der Waals surface area contributed by atoms with E-state index in [9.17, 15) is 33.6 Å². The van der Waals surface area contributed by atoms with Crippen molar-refractivity contribution in [1.29, 1.82) is 0 Å². The van der Waals surface area contributed by atoms with Crippen LogP contribution in [0.25, 0.3) is 0 Å². The molecule has 1 amide bonds. The second-order valence-corrected chi connectivity index (χ2v) is 19.9. The zero-order valence-corrected chi connectivity index (χ0v) is 45.3. The summed E-state index contributed by atoms with van der Waals surface area (Å²) in [7, 11) is 0.843. The Kier molecular flexibility index (Phi) is 23.5. The van der Waals surface area contributed by atoms with Gasteiger partial charge in [0.2, 0.25) is 10.1 Å². The number of nitrogens with one attached hydrogen (secondary N) is 1. The molecule has 2 saturated heterocycles. The van der Waals surface area contributed by atoms with Crippen LogP contribution in [0, 0.1) is 0 Å². The van der Waals surface area contributed by atoms with Crippen LogP contribution in [0.1, 0.15) is 52.2 Å². The number of hydrogen-bond donors (Lipinski definition) is 1. The first kappa shape index (κ1) is 63.5. The van der Waals surface area contributed by atoms with Crippen LogP contribution in [0.15, 0.2) is 96.0 Å². The first-order valence-electron chi connectivity index (χ1n) is 23.8. The third-order valence-electron chi connectivity index (χ3n) is 11.1. The summed E-state index contributed by atoms with van der Waals surface area (Å²) < 4.78 is 119. The molecule has 0 radical (unpaired) electrons. The quantitative estimate of drug-likeness (QED) is 0.0364. The number of halogens is 6. The number of carbonyl (C=O) groups excluding carboxylic acids is 7. The fraction of sp³-hybridized carbons (Fsp3) is 0.490. The molecular weight excluding hydrogens is 1120 g/mol. The highest BCUT2D eigenvalue weighted by Gasteiger charge is 2.63. The summed E-state index contributed by atoms with van der Waals surface area (Å²) in [4.78, 5) is 96.7. The monoisotopic (exact) mass is 1180 g/mol. The van der Waals surface area contributed by atoms with Gasteiger partial charge < -0.3 is 66.9 Å². The summed E-state index contributed by atoms with van der Waals surface area (Å²) in [6, 6.07) is 21.8. The van der Waals surface area contributed by atoms with E-state index < -0.39 is 151 Å². The summed E-state index contributed by atoms with van der Waals surface area (Å²) in [6.07, 6.45) is -26.3. The highest BCUT2D eigenvalue weighted by Crippen LogP contribution is 2.42. The van der Waals surface area contributed by atoms with Gasteiger partial charge in [-0.3, -0.25) is 24.0 Å². The van der Waals surface area contributed by atoms with Crippen LogP contribution in [0.5, 0.6) is 0 Å². The maximum atomic E-state index is 15.2. The van der Waals surface area contributed by atoms with Gasteiger partial charge in [0.05, 0.1) is 45.1 Å². The van der Waals surface area contributed by atoms with Crippen molar-refractivity contribution in [3.05, 3.63) is 102 Å². The lowest BCUT2D eigenvalue weighted by Crippen LogP contribution is -2.72. The van der Waals surface area contributed by atoms with Gasteiger partial charge in [0.1, 0.15) is 43.7 Å². The number of carbonyl (C=O) groups is 7. The Morgan fingerprint density at radius 1 is 0.722 bits per heavy atom. The fourth-order valence-electron chi connectivity index (χ4n) is 8.11. The van der Waals surface area contributed by atoms with Crippen molar-refractivity contribution in [2.75, 3.05) is 26.9 Å². The molecule has 3 aromatic carbocycles. The Hall–Kier alpha value is -6.32. The zero-order valence-electron chi connectivity index (χ0n) is 43.1. The fourth-order valence-corrected chi connectivity index (χ4v) is 8.27. The number of alkyl halides is 6. The van der Waals surface area contributed by atoms with Crippen molar-refractivity contribution in [2.45, 2.75) is 131 Å². The normalized spacial score (nSPS) is 24.1. The minimum Gasteiger partial charge on any atom is -0.465 e. The van der Waals surface area contributed by atoms with E-state index in [0.717, 1.165) is 41.7 Å². The molecule has 28 heteroatoms. The van der Waals surface area contributed by atoms with Gasteiger partial charge in [-0.05, 0) is 23.3 Å². The van der Waals surface area contributed by atoms with Gasteiger partial charge in [-0.15, -0.1) is 0 Å². The molecule has 2 heterocycles. The maximum Gasteiger partial charge on any atom is 0.468 e. The van der Waals surface area contributed by atoms with E-state index >= 15 is 13.2 Å². The molecule has 22 nitrogen and oxygen atoms in total. The zero-order chi connectivity index (χ0) is 58.1. The Bertz CT molecular complexity index is 2570. The van der Waals surface area contributed by atoms with Crippen molar-refractivity contribution < 1.29 is 108 Å². The molecule has 1 N–H and O–H groups in total. The number of nitrogens with zero attached hydrogens (tertiary/aromatic N) is 1. The van der Waals surface area contributed by atoms with Gasteiger partial charge in [0, 0.05) is 34.6 Å². The van der Waals surface area contributed by atoms with Gasteiger partial charge in [0.25, 0.3) is 11.7 Å². The van der Waals surface area contributed by atoms with Crippen LogP contribution in [0.3, 0.4) is 0 Å². The maximum absolute atomic E-state index is 15.2. The Balaban J connectivity index is 1.80. The van der Waals surface area contributed by atoms with E-state index in [2.05, 4.69) is 10.3 Å². The molecule has 5 rings (SSSR count). The van der Waals surface area contributed by atoms with Crippen LogP contribution in [-0.2, 0) is 104 Å². The van der Waals surface area contributed by atoms with E-state index in [-0.39, 0.29) is 18.9 Å². The van der Waals surface area contributed by atoms with E-state index in [1.54, 1.807) is 60.7 Å². The number of methoxy groups -OCH3 is 1. The topological polar surface area (TPSA) is 264 Å². The highest BCUT2D eigenvalue weighted by atomic mass is 35.6. The largest absolute Gasteiger partial charge is 0.468 e. The SMILES string of the molecule is COC(=O)[C@@]1(O[C@@H]2[C@H](OCc3ccccc3)[C@H](COCc3ccccc3)OC(OC(=Nc3ccccc3)C(F)(F)F)[C@H]2OC(C)=O)C[C@H](OC(C)=O)[C@@H](NC(=O)OCC(Cl)(Cl)Cl)[C@H]([C@H](OC(C)=O)[C@@H](COC(C)=O)OC(C)=O)O1. The molecule has 3 aromatic rings. The third kappa shape index (κ3) is 19.8. The van der Waals surface area contributed by atoms with Crippen molar-refractivity contribution in [3.63, 3.8) is 0 Å². The van der Waals surface area contributed by atoms with Crippen molar-refractivity contribution >= 4 is 88.3 Å². The molecule has 1 unspecified atom stereocenters. The van der Waals surface area contributed by atoms with Crippen molar-refractivity contribution in [1.82, 2.24) is 5.32 Å². The number of amides is 1. The van der Waals surface area contributed by atoms with Gasteiger partial charge in [-0.2, -0.15) is 13.2 Å². The number of para-hydroxylation sites is 1. The van der Waals surface area contributed by atoms with Gasteiger partial charge >= 0.3 is 48.1 Å². The number of esters is 6. The molecule has 2 aliphatic heterocycles. The van der Waals surface area contributed by atoms with Gasteiger partial charge in [0.15, 0.2) is 18.3 Å². The number of hydrogen-bond acceptors (Lipinski definition) is 21. The minimum absolute atomic E-state index is 0.117. The molecule has 0 bridgehead atoms. The van der Waals surface area contributed by atoms with Crippen LogP contribution < -0.4 is 5.32 Å². The highest BCUT2D eigenvalue weighted by molar-refractivity contribution is 6.67. The van der Waals surface area contributed by atoms with Crippen LogP contribution in [0.2, 0.25) is 0 Å². The predicted octanol–water partition coefficient (Wildman–Crippen LogP) is 6.62. The average molecular weight is 1180 g/mol. The van der Waals surface area contributed by atoms with Crippen LogP contribution in [-0.4, -0.2) is 152 Å². The molecule has 2 aliphatic rings. The number of benzene rings is 3. The Morgan fingerprint density at radius 2 is 1.30 bits per heavy atom. The molecule has 0 spiro atoms. The van der Waals surface area contributed by atoms with E-state index in [0.29, 0.717) is 11.1 Å². The smallest absolute Gasteiger partial charge is 0.465 e. The average Bonchev–Trinajstić information content (AvgIpc) is 3.58. The second-order valence-electron chi connectivity index (χ2n) is 17.4. The molecule has 11 atom stereocenters. The summed E-state index contributed by atoms with van der Waals surface area (Å²) >= 11 is 17.5. The number of aliphatic imine (C=N–C) groups is 1. The van der Waals surface area contributed by atoms with Crippen molar-refractivity contribution in [3.8, 4) is 0 Å². The Morgan fingerprint density at radius 3 is 1.84 bits per heavy atom. The molecule has 2 fully saturated rings. The first-order chi connectivity index (χ1) is 37.3. The predicted molar refractivity (Wildman–Crippen MR) is 267 cm³/mol. The van der Waals surface area contributed by atoms with Gasteiger partial charge in [-0.1, -0.05) is 114 Å². The lowest BCUT2D eigenvalue weighted by atomic mass is 9.87. The second kappa shape index (κ2) is 29.2. The molecule has 0 aromatic heterocycles. The number of ether oxygens (including phenoxy) is 13. The van der Waals surface area contributed by atoms with Crippen LogP contribution in [0.4, 0.5) is 23.7 Å². The van der Waals surface area contributed by atoms with E-state index in [1.807, 2.05) is 0 Å². The lowest BCUT2D eigenvalue weighted by Gasteiger charge is -2.51. The number of alkyl carbamates (subject to hydrolysis) is 1. The molecule has 0 aliphatic carbocycles. The first-order valence-corrected chi connectivity index (χ1v) is 25.0. The molecule has 0 saturated carbocycles. The van der Waals surface area contributed by atoms with Crippen molar-refractivity contribution in [2.24, 2.45) is 4.99 Å². The van der Waals surface area contributed by atoms with Gasteiger partial charge in [-0.25, -0.2) is 14.6 Å². The lowest BCUT2D eigenvalue weighted by molar-refractivity contribution is -0.370. The summed E-state index contributed by atoms with van der Waals surface area (Å²) in [5.74, 6) is -12.1. The van der Waals surface area contributed by atoms with E-state index in [4.69, 9.17) is 96.4 Å². The van der Waals surface area contributed by atoms with Crippen LogP contribution >= 0.6 is 34.8 Å². The summed E-state index contributed by atoms with van der Waals surface area (Å²) in [5.41, 5.74) is 0.898. The van der Waals surface area contributed by atoms with E-state index in [1.165, 1.54) is 30.3 Å². The number of rotatable bonds is 22. The standard InChI is InChI=1S/C51H56Cl3F3N2O20/c1-28(60)69-26-38(73-30(3)62)41(74-31(4)63)42-39(59-48(66)71-27-50(52,53)54)36(72-29(2)61)22-49(78-42,47(65)67-6)79-43-40(70-24-34-18-12-8-13-19-34)37(25-68-23-33-16-10-7-11-17-33)76-45(44(43)75-32(5)64)77-46(51(55,56)57)58-35-20-14-9-15-21-35/h7-21,36-45H,22-27H2,1-6H3,(H,59,66)/t36-,37-,38+,39+,40+,41+,42+,43+,44-,45?,49-/m0/s1. The molecular formula is C51H56Cl3F3N2O20.